The Morgan fingerprint density at radius 1 is 0.714 bits per heavy atom. The number of hydrogen-bond acceptors (Lipinski definition) is 3. The van der Waals surface area contributed by atoms with Gasteiger partial charge < -0.3 is 4.74 Å². The van der Waals surface area contributed by atoms with Crippen LogP contribution in [0.4, 0.5) is 0 Å². The molecule has 3 aromatic carbocycles. The van der Waals surface area contributed by atoms with Crippen LogP contribution in [0.15, 0.2) is 91.0 Å². The van der Waals surface area contributed by atoms with E-state index in [4.69, 9.17) is 16.3 Å². The van der Waals surface area contributed by atoms with Gasteiger partial charge in [0.05, 0.1) is 0 Å². The van der Waals surface area contributed by atoms with Crippen molar-refractivity contribution < 1.29 is 14.3 Å². The maximum absolute atomic E-state index is 12.2. The molecule has 0 aliphatic heterocycles. The average Bonchev–Trinajstić information content (AvgIpc) is 2.73. The topological polar surface area (TPSA) is 43.4 Å². The SMILES string of the molecule is O=C(/C=C\c1ccccc1)Oc1ccc(C(=O)/C=C/c2ccc(Cl)cc2)cc1. The van der Waals surface area contributed by atoms with E-state index in [1.165, 1.54) is 12.2 Å². The molecule has 0 radical (unpaired) electrons. The van der Waals surface area contributed by atoms with Crippen molar-refractivity contribution in [3.8, 4) is 5.75 Å². The molecule has 0 saturated carbocycles. The highest BCUT2D eigenvalue weighted by molar-refractivity contribution is 6.30. The zero-order chi connectivity index (χ0) is 19.8. The monoisotopic (exact) mass is 388 g/mol. The first-order valence-corrected chi connectivity index (χ1v) is 9.01. The lowest BCUT2D eigenvalue weighted by atomic mass is 10.1. The van der Waals surface area contributed by atoms with E-state index >= 15 is 0 Å². The molecule has 3 aromatic rings. The number of rotatable bonds is 6. The summed E-state index contributed by atoms with van der Waals surface area (Å²) in [7, 11) is 0. The van der Waals surface area contributed by atoms with Crippen LogP contribution in [0.2, 0.25) is 5.02 Å². The normalized spacial score (nSPS) is 11.0. The Morgan fingerprint density at radius 3 is 2.00 bits per heavy atom. The van der Waals surface area contributed by atoms with Crippen LogP contribution in [0.3, 0.4) is 0 Å². The van der Waals surface area contributed by atoms with Crippen LogP contribution in [-0.4, -0.2) is 11.8 Å². The molecule has 0 bridgehead atoms. The van der Waals surface area contributed by atoms with Gasteiger partial charge in [-0.25, -0.2) is 4.79 Å². The van der Waals surface area contributed by atoms with Crippen molar-refractivity contribution in [3.63, 3.8) is 0 Å². The predicted octanol–water partition coefficient (Wildman–Crippen LogP) is 5.85. The van der Waals surface area contributed by atoms with E-state index in [1.807, 2.05) is 42.5 Å². The van der Waals surface area contributed by atoms with Crippen LogP contribution in [0.25, 0.3) is 12.2 Å². The van der Waals surface area contributed by atoms with E-state index in [0.29, 0.717) is 16.3 Å². The molecule has 0 amide bonds. The van der Waals surface area contributed by atoms with Crippen molar-refractivity contribution in [2.24, 2.45) is 0 Å². The Hall–Kier alpha value is -3.43. The summed E-state index contributed by atoms with van der Waals surface area (Å²) in [5.41, 5.74) is 2.30. The van der Waals surface area contributed by atoms with Gasteiger partial charge in [0, 0.05) is 16.7 Å². The first-order chi connectivity index (χ1) is 13.6. The average molecular weight is 389 g/mol. The zero-order valence-corrected chi connectivity index (χ0v) is 15.7. The van der Waals surface area contributed by atoms with E-state index in [2.05, 4.69) is 0 Å². The maximum Gasteiger partial charge on any atom is 0.336 e. The number of carbonyl (C=O) groups is 2. The molecule has 0 aromatic heterocycles. The number of esters is 1. The van der Waals surface area contributed by atoms with E-state index in [1.54, 1.807) is 48.6 Å². The fourth-order valence-corrected chi connectivity index (χ4v) is 2.53. The van der Waals surface area contributed by atoms with Gasteiger partial charge in [-0.3, -0.25) is 4.79 Å². The van der Waals surface area contributed by atoms with Gasteiger partial charge in [-0.05, 0) is 59.7 Å². The molecule has 28 heavy (non-hydrogen) atoms. The highest BCUT2D eigenvalue weighted by Crippen LogP contribution is 2.15. The quantitative estimate of drug-likeness (QED) is 0.230. The first kappa shape index (κ1) is 19.3. The van der Waals surface area contributed by atoms with Gasteiger partial charge in [0.25, 0.3) is 0 Å². The predicted molar refractivity (Wildman–Crippen MR) is 112 cm³/mol. The maximum atomic E-state index is 12.2. The Labute approximate surface area is 168 Å². The second kappa shape index (κ2) is 9.49. The van der Waals surface area contributed by atoms with Crippen molar-refractivity contribution >= 4 is 35.5 Å². The van der Waals surface area contributed by atoms with Gasteiger partial charge in [-0.2, -0.15) is 0 Å². The molecule has 4 heteroatoms. The molecule has 0 fully saturated rings. The number of halogens is 1. The molecule has 138 valence electrons. The standard InChI is InChI=1S/C24H17ClO3/c25-21-12-6-19(7-13-21)8-16-23(26)20-10-14-22(15-11-20)28-24(27)17-9-18-4-2-1-3-5-18/h1-17H/b16-8+,17-9-. The second-order valence-corrected chi connectivity index (χ2v) is 6.38. The fraction of sp³-hybridized carbons (Fsp3) is 0. The highest BCUT2D eigenvalue weighted by atomic mass is 35.5. The Balaban J connectivity index is 1.58. The number of carbonyl (C=O) groups excluding carboxylic acids is 2. The van der Waals surface area contributed by atoms with Gasteiger partial charge in [0.1, 0.15) is 5.75 Å². The Bertz CT molecular complexity index is 1000. The van der Waals surface area contributed by atoms with E-state index in [-0.39, 0.29) is 5.78 Å². The van der Waals surface area contributed by atoms with Gasteiger partial charge in [-0.1, -0.05) is 60.1 Å². The van der Waals surface area contributed by atoms with Gasteiger partial charge in [0.2, 0.25) is 0 Å². The van der Waals surface area contributed by atoms with Crippen LogP contribution in [0.5, 0.6) is 5.75 Å². The third kappa shape index (κ3) is 5.79. The lowest BCUT2D eigenvalue weighted by molar-refractivity contribution is -0.128. The largest absolute Gasteiger partial charge is 0.423 e. The minimum atomic E-state index is -0.481. The lowest BCUT2D eigenvalue weighted by Crippen LogP contribution is -2.04. The van der Waals surface area contributed by atoms with Crippen LogP contribution in [0, 0.1) is 0 Å². The molecule has 3 rings (SSSR count). The minimum Gasteiger partial charge on any atom is -0.423 e. The Morgan fingerprint density at radius 2 is 1.32 bits per heavy atom. The number of ketones is 1. The van der Waals surface area contributed by atoms with Crippen molar-refractivity contribution in [1.29, 1.82) is 0 Å². The van der Waals surface area contributed by atoms with E-state index < -0.39 is 5.97 Å². The van der Waals surface area contributed by atoms with E-state index in [9.17, 15) is 9.59 Å². The summed E-state index contributed by atoms with van der Waals surface area (Å²) < 4.78 is 5.24. The van der Waals surface area contributed by atoms with Crippen molar-refractivity contribution in [2.45, 2.75) is 0 Å². The third-order valence-electron chi connectivity index (χ3n) is 3.87. The first-order valence-electron chi connectivity index (χ1n) is 8.63. The summed E-state index contributed by atoms with van der Waals surface area (Å²) in [5.74, 6) is -0.247. The molecule has 0 spiro atoms. The highest BCUT2D eigenvalue weighted by Gasteiger charge is 2.04. The summed E-state index contributed by atoms with van der Waals surface area (Å²) in [6.07, 6.45) is 6.26. The van der Waals surface area contributed by atoms with E-state index in [0.717, 1.165) is 11.1 Å². The summed E-state index contributed by atoms with van der Waals surface area (Å²) >= 11 is 5.84. The van der Waals surface area contributed by atoms with Crippen LogP contribution in [-0.2, 0) is 4.79 Å². The molecule has 0 aliphatic rings. The molecule has 0 atom stereocenters. The summed E-state index contributed by atoms with van der Waals surface area (Å²) in [6.45, 7) is 0. The third-order valence-corrected chi connectivity index (χ3v) is 4.12. The number of allylic oxidation sites excluding steroid dienone is 1. The van der Waals surface area contributed by atoms with Crippen LogP contribution >= 0.6 is 11.6 Å². The number of ether oxygens (including phenoxy) is 1. The van der Waals surface area contributed by atoms with Gasteiger partial charge in [0.15, 0.2) is 5.78 Å². The molecular formula is C24H17ClO3. The minimum absolute atomic E-state index is 0.142. The Kier molecular flexibility index (Phi) is 6.55. The second-order valence-electron chi connectivity index (χ2n) is 5.94. The molecule has 3 nitrogen and oxygen atoms in total. The molecule has 0 heterocycles. The number of benzene rings is 3. The summed E-state index contributed by atoms with van der Waals surface area (Å²) in [6, 6.07) is 23.1. The number of hydrogen-bond donors (Lipinski definition) is 0. The lowest BCUT2D eigenvalue weighted by Gasteiger charge is -2.02. The zero-order valence-electron chi connectivity index (χ0n) is 14.9. The fourth-order valence-electron chi connectivity index (χ4n) is 2.41. The summed E-state index contributed by atoms with van der Waals surface area (Å²) in [5, 5.41) is 0.646. The smallest absolute Gasteiger partial charge is 0.336 e. The summed E-state index contributed by atoms with van der Waals surface area (Å²) in [4.78, 5) is 24.1. The van der Waals surface area contributed by atoms with Gasteiger partial charge in [-0.15, -0.1) is 0 Å². The molecule has 0 N–H and O–H groups in total. The van der Waals surface area contributed by atoms with Crippen molar-refractivity contribution in [1.82, 2.24) is 0 Å². The van der Waals surface area contributed by atoms with Crippen molar-refractivity contribution in [2.75, 3.05) is 0 Å². The van der Waals surface area contributed by atoms with Gasteiger partial charge >= 0.3 is 5.97 Å². The van der Waals surface area contributed by atoms with Crippen LogP contribution in [0.1, 0.15) is 21.5 Å². The van der Waals surface area contributed by atoms with Crippen LogP contribution < -0.4 is 4.74 Å². The molecule has 0 saturated heterocycles. The molecule has 0 unspecified atom stereocenters. The van der Waals surface area contributed by atoms with Crippen molar-refractivity contribution in [3.05, 3.63) is 113 Å². The molecule has 0 aliphatic carbocycles. The molecular weight excluding hydrogens is 372 g/mol.